The summed E-state index contributed by atoms with van der Waals surface area (Å²) >= 11 is 0. The molecule has 3 atom stereocenters. The number of benzene rings is 2. The standard InChI is InChI=1S/C24H26N4O5/c1-14-18(22-26-20-16(31-3)10-7-11-17(20)33-22)24(29)28-21(25-14)19(15-8-5-4-6-9-15)23(27-28)32-13-12-30-2/h4-11,19,21,23,25,27H,12-13H2,1-3H3. The molecule has 1 amide bonds. The van der Waals surface area contributed by atoms with Crippen molar-refractivity contribution < 1.29 is 23.4 Å². The lowest BCUT2D eigenvalue weighted by molar-refractivity contribution is -0.131. The number of carbonyl (C=O) groups is 1. The predicted molar refractivity (Wildman–Crippen MR) is 121 cm³/mol. The molecule has 0 aliphatic carbocycles. The van der Waals surface area contributed by atoms with Gasteiger partial charge in [0.05, 0.1) is 26.2 Å². The summed E-state index contributed by atoms with van der Waals surface area (Å²) in [5.74, 6) is 0.461. The monoisotopic (exact) mass is 450 g/mol. The zero-order chi connectivity index (χ0) is 22.9. The highest BCUT2D eigenvalue weighted by molar-refractivity contribution is 6.20. The molecule has 172 valence electrons. The van der Waals surface area contributed by atoms with Gasteiger partial charge in [-0.1, -0.05) is 36.4 Å². The molecule has 2 aliphatic rings. The Balaban J connectivity index is 1.51. The molecule has 0 radical (unpaired) electrons. The summed E-state index contributed by atoms with van der Waals surface area (Å²) in [7, 11) is 3.20. The van der Waals surface area contributed by atoms with Crippen molar-refractivity contribution in [3.63, 3.8) is 0 Å². The molecule has 0 bridgehead atoms. The van der Waals surface area contributed by atoms with E-state index in [1.54, 1.807) is 31.4 Å². The smallest absolute Gasteiger partial charge is 0.277 e. The zero-order valence-electron chi connectivity index (χ0n) is 18.7. The second-order valence-electron chi connectivity index (χ2n) is 7.94. The van der Waals surface area contributed by atoms with E-state index in [4.69, 9.17) is 18.6 Å². The molecule has 1 aromatic heterocycles. The van der Waals surface area contributed by atoms with Crippen LogP contribution in [-0.4, -0.2) is 55.7 Å². The van der Waals surface area contributed by atoms with Gasteiger partial charge in [0.2, 0.25) is 5.89 Å². The van der Waals surface area contributed by atoms with Gasteiger partial charge in [0.25, 0.3) is 5.91 Å². The van der Waals surface area contributed by atoms with Gasteiger partial charge >= 0.3 is 0 Å². The Bertz CT molecular complexity index is 1190. The molecule has 9 heteroatoms. The Kier molecular flexibility index (Phi) is 5.76. The molecule has 3 heterocycles. The average molecular weight is 450 g/mol. The molecule has 9 nitrogen and oxygen atoms in total. The minimum absolute atomic E-state index is 0.132. The topological polar surface area (TPSA) is 98.1 Å². The maximum Gasteiger partial charge on any atom is 0.277 e. The van der Waals surface area contributed by atoms with Gasteiger partial charge in [-0.05, 0) is 24.6 Å². The normalized spacial score (nSPS) is 22.6. The molecule has 2 aliphatic heterocycles. The number of nitrogens with one attached hydrogen (secondary N) is 2. The van der Waals surface area contributed by atoms with Crippen molar-refractivity contribution in [1.29, 1.82) is 0 Å². The molecular formula is C24H26N4O5. The summed E-state index contributed by atoms with van der Waals surface area (Å²) in [6, 6.07) is 15.4. The van der Waals surface area contributed by atoms with Crippen molar-refractivity contribution >= 4 is 22.6 Å². The Morgan fingerprint density at radius 1 is 1.09 bits per heavy atom. The summed E-state index contributed by atoms with van der Waals surface area (Å²) in [5.41, 5.74) is 6.47. The first-order chi connectivity index (χ1) is 16.1. The van der Waals surface area contributed by atoms with E-state index in [0.717, 1.165) is 5.56 Å². The third kappa shape index (κ3) is 3.74. The van der Waals surface area contributed by atoms with Crippen LogP contribution < -0.4 is 15.5 Å². The van der Waals surface area contributed by atoms with E-state index in [2.05, 4.69) is 15.7 Å². The molecule has 1 fully saturated rings. The van der Waals surface area contributed by atoms with E-state index in [0.29, 0.717) is 41.3 Å². The third-order valence-electron chi connectivity index (χ3n) is 5.97. The van der Waals surface area contributed by atoms with Crippen LogP contribution in [0.25, 0.3) is 16.7 Å². The molecule has 2 N–H and O–H groups in total. The first-order valence-electron chi connectivity index (χ1n) is 10.8. The summed E-state index contributed by atoms with van der Waals surface area (Å²) in [6.45, 7) is 2.72. The number of methoxy groups -OCH3 is 2. The van der Waals surface area contributed by atoms with Gasteiger partial charge in [0, 0.05) is 12.8 Å². The van der Waals surface area contributed by atoms with Crippen LogP contribution >= 0.6 is 0 Å². The SMILES string of the molecule is COCCOC1NN2C(=O)C(c3nc4c(OC)cccc4o3)=C(C)NC2C1c1ccccc1. The number of amides is 1. The Labute approximate surface area is 191 Å². The molecule has 33 heavy (non-hydrogen) atoms. The number of allylic oxidation sites excluding steroid dienone is 1. The number of hydrogen-bond acceptors (Lipinski definition) is 8. The van der Waals surface area contributed by atoms with Crippen LogP contribution in [-0.2, 0) is 14.3 Å². The van der Waals surface area contributed by atoms with Crippen LogP contribution in [0.15, 0.2) is 58.6 Å². The largest absolute Gasteiger partial charge is 0.494 e. The van der Waals surface area contributed by atoms with Crippen molar-refractivity contribution in [2.24, 2.45) is 0 Å². The summed E-state index contributed by atoms with van der Waals surface area (Å²) in [6.07, 6.45) is -0.755. The highest BCUT2D eigenvalue weighted by atomic mass is 16.5. The molecule has 2 aromatic carbocycles. The van der Waals surface area contributed by atoms with Gasteiger partial charge in [0.15, 0.2) is 11.1 Å². The number of aromatic nitrogens is 1. The minimum atomic E-state index is -0.417. The van der Waals surface area contributed by atoms with E-state index in [-0.39, 0.29) is 23.9 Å². The second-order valence-corrected chi connectivity index (χ2v) is 7.94. The Hall–Kier alpha value is -3.40. The van der Waals surface area contributed by atoms with E-state index in [1.165, 1.54) is 0 Å². The fraction of sp³-hybridized carbons (Fsp3) is 0.333. The van der Waals surface area contributed by atoms with Crippen LogP contribution in [0, 0.1) is 0 Å². The number of nitrogens with zero attached hydrogens (tertiary/aromatic N) is 2. The Morgan fingerprint density at radius 2 is 1.91 bits per heavy atom. The van der Waals surface area contributed by atoms with Crippen molar-refractivity contribution in [1.82, 2.24) is 20.7 Å². The first-order valence-corrected chi connectivity index (χ1v) is 10.8. The first kappa shape index (κ1) is 21.4. The van der Waals surface area contributed by atoms with Gasteiger partial charge in [-0.15, -0.1) is 0 Å². The second kappa shape index (κ2) is 8.86. The fourth-order valence-electron chi connectivity index (χ4n) is 4.42. The molecule has 3 unspecified atom stereocenters. The lowest BCUT2D eigenvalue weighted by Gasteiger charge is -2.34. The number of oxazole rings is 1. The van der Waals surface area contributed by atoms with Crippen LogP contribution in [0.2, 0.25) is 0 Å². The number of fused-ring (bicyclic) bond motifs is 2. The number of hydrogen-bond donors (Lipinski definition) is 2. The molecular weight excluding hydrogens is 424 g/mol. The van der Waals surface area contributed by atoms with E-state index in [1.807, 2.05) is 43.3 Å². The van der Waals surface area contributed by atoms with Crippen molar-refractivity contribution in [2.75, 3.05) is 27.4 Å². The van der Waals surface area contributed by atoms with E-state index < -0.39 is 6.23 Å². The lowest BCUT2D eigenvalue weighted by atomic mass is 9.94. The highest BCUT2D eigenvalue weighted by Gasteiger charge is 2.49. The molecule has 1 saturated heterocycles. The highest BCUT2D eigenvalue weighted by Crippen LogP contribution is 2.38. The summed E-state index contributed by atoms with van der Waals surface area (Å²) in [5, 5.41) is 5.05. The van der Waals surface area contributed by atoms with Crippen LogP contribution in [0.5, 0.6) is 5.75 Å². The summed E-state index contributed by atoms with van der Waals surface area (Å²) < 4.78 is 22.5. The average Bonchev–Trinajstić information content (AvgIpc) is 3.41. The van der Waals surface area contributed by atoms with Crippen molar-refractivity contribution in [2.45, 2.75) is 25.2 Å². The van der Waals surface area contributed by atoms with Gasteiger partial charge in [-0.25, -0.2) is 15.4 Å². The van der Waals surface area contributed by atoms with Crippen molar-refractivity contribution in [3.05, 3.63) is 65.7 Å². The van der Waals surface area contributed by atoms with Gasteiger partial charge in [0.1, 0.15) is 23.7 Å². The third-order valence-corrected chi connectivity index (χ3v) is 5.97. The number of rotatable bonds is 7. The minimum Gasteiger partial charge on any atom is -0.494 e. The predicted octanol–water partition coefficient (Wildman–Crippen LogP) is 2.62. The molecule has 3 aromatic rings. The van der Waals surface area contributed by atoms with E-state index >= 15 is 0 Å². The van der Waals surface area contributed by atoms with Gasteiger partial charge < -0.3 is 23.9 Å². The molecule has 5 rings (SSSR count). The Morgan fingerprint density at radius 3 is 2.67 bits per heavy atom. The van der Waals surface area contributed by atoms with Crippen molar-refractivity contribution in [3.8, 4) is 5.75 Å². The number of hydrazine groups is 1. The number of para-hydroxylation sites is 1. The van der Waals surface area contributed by atoms with E-state index in [9.17, 15) is 4.79 Å². The zero-order valence-corrected chi connectivity index (χ0v) is 18.7. The quantitative estimate of drug-likeness (QED) is 0.530. The fourth-order valence-corrected chi connectivity index (χ4v) is 4.42. The van der Waals surface area contributed by atoms with Crippen LogP contribution in [0.4, 0.5) is 0 Å². The maximum absolute atomic E-state index is 13.7. The van der Waals surface area contributed by atoms with Gasteiger partial charge in [-0.2, -0.15) is 0 Å². The summed E-state index contributed by atoms with van der Waals surface area (Å²) in [4.78, 5) is 18.2. The number of ether oxygens (including phenoxy) is 3. The molecule has 0 saturated carbocycles. The maximum atomic E-state index is 13.7. The lowest BCUT2D eigenvalue weighted by Crippen LogP contribution is -2.54. The van der Waals surface area contributed by atoms with Gasteiger partial charge in [-0.3, -0.25) is 4.79 Å². The van der Waals surface area contributed by atoms with Crippen LogP contribution in [0.3, 0.4) is 0 Å². The number of carbonyl (C=O) groups excluding carboxylic acids is 1. The van der Waals surface area contributed by atoms with Crippen LogP contribution in [0.1, 0.15) is 24.3 Å². The molecule has 0 spiro atoms.